The standard InChI is InChI=1S/C14H30NO2.ClH/c1-6-9-15(10-7-2,11-8-3)12-13(4)17-14(5)16;/h13H,6-12H2,1-5H3;1H/q+1;/p-1. The second-order valence-corrected chi connectivity index (χ2v) is 5.12. The van der Waals surface area contributed by atoms with E-state index in [2.05, 4.69) is 20.8 Å². The molecule has 0 aromatic rings. The van der Waals surface area contributed by atoms with Crippen LogP contribution in [0.2, 0.25) is 0 Å². The van der Waals surface area contributed by atoms with Gasteiger partial charge in [-0.1, -0.05) is 20.8 Å². The summed E-state index contributed by atoms with van der Waals surface area (Å²) in [5, 5.41) is 0. The summed E-state index contributed by atoms with van der Waals surface area (Å²) in [7, 11) is 0. The molecule has 4 heteroatoms. The first-order valence-electron chi connectivity index (χ1n) is 7.02. The molecule has 0 heterocycles. The summed E-state index contributed by atoms with van der Waals surface area (Å²) in [5.41, 5.74) is 0. The van der Waals surface area contributed by atoms with Crippen LogP contribution in [0.15, 0.2) is 0 Å². The van der Waals surface area contributed by atoms with E-state index in [1.54, 1.807) is 0 Å². The number of carbonyl (C=O) groups is 1. The molecule has 18 heavy (non-hydrogen) atoms. The lowest BCUT2D eigenvalue weighted by Crippen LogP contribution is -3.00. The Hall–Kier alpha value is -0.280. The number of quaternary nitrogens is 1. The molecule has 0 spiro atoms. The van der Waals surface area contributed by atoms with Gasteiger partial charge >= 0.3 is 5.97 Å². The Morgan fingerprint density at radius 1 is 1.06 bits per heavy atom. The minimum Gasteiger partial charge on any atom is -1.00 e. The van der Waals surface area contributed by atoms with Crippen molar-refractivity contribution in [3.05, 3.63) is 0 Å². The monoisotopic (exact) mass is 279 g/mol. The van der Waals surface area contributed by atoms with Crippen LogP contribution in [0.4, 0.5) is 0 Å². The number of esters is 1. The fourth-order valence-electron chi connectivity index (χ4n) is 2.90. The number of rotatable bonds is 9. The molecule has 0 saturated carbocycles. The Kier molecular flexibility index (Phi) is 11.8. The van der Waals surface area contributed by atoms with Gasteiger partial charge in [0.2, 0.25) is 0 Å². The Morgan fingerprint density at radius 2 is 1.44 bits per heavy atom. The third-order valence-electron chi connectivity index (χ3n) is 3.11. The molecule has 0 fully saturated rings. The van der Waals surface area contributed by atoms with Gasteiger partial charge in [0.15, 0.2) is 0 Å². The minimum absolute atomic E-state index is 0. The zero-order chi connectivity index (χ0) is 13.3. The Morgan fingerprint density at radius 3 is 1.72 bits per heavy atom. The zero-order valence-corrected chi connectivity index (χ0v) is 13.4. The fraction of sp³-hybridized carbons (Fsp3) is 0.929. The van der Waals surface area contributed by atoms with Crippen molar-refractivity contribution in [1.29, 1.82) is 0 Å². The van der Waals surface area contributed by atoms with Crippen LogP contribution < -0.4 is 12.4 Å². The first kappa shape index (κ1) is 20.0. The largest absolute Gasteiger partial charge is 1.00 e. The van der Waals surface area contributed by atoms with Crippen molar-refractivity contribution < 1.29 is 26.4 Å². The summed E-state index contributed by atoms with van der Waals surface area (Å²) in [6.45, 7) is 14.7. The number of hydrogen-bond acceptors (Lipinski definition) is 2. The van der Waals surface area contributed by atoms with E-state index in [0.29, 0.717) is 0 Å². The maximum absolute atomic E-state index is 11.0. The van der Waals surface area contributed by atoms with Gasteiger partial charge in [-0.05, 0) is 26.2 Å². The van der Waals surface area contributed by atoms with E-state index in [1.165, 1.54) is 45.8 Å². The van der Waals surface area contributed by atoms with Crippen LogP contribution in [-0.2, 0) is 9.53 Å². The molecule has 0 amide bonds. The normalized spacial score (nSPS) is 12.7. The van der Waals surface area contributed by atoms with Gasteiger partial charge in [-0.3, -0.25) is 4.79 Å². The van der Waals surface area contributed by atoms with E-state index in [9.17, 15) is 4.79 Å². The SMILES string of the molecule is CCC[N+](CCC)(CCC)CC(C)OC(C)=O.[Cl-]. The van der Waals surface area contributed by atoms with E-state index < -0.39 is 0 Å². The molecule has 0 aliphatic carbocycles. The third-order valence-corrected chi connectivity index (χ3v) is 3.11. The van der Waals surface area contributed by atoms with E-state index in [-0.39, 0.29) is 24.5 Å². The molecule has 3 nitrogen and oxygen atoms in total. The maximum Gasteiger partial charge on any atom is 0.303 e. The van der Waals surface area contributed by atoms with E-state index in [4.69, 9.17) is 4.74 Å². The average Bonchev–Trinajstić information content (AvgIpc) is 2.16. The summed E-state index contributed by atoms with van der Waals surface area (Å²) in [6, 6.07) is 0. The first-order valence-corrected chi connectivity index (χ1v) is 7.02. The van der Waals surface area contributed by atoms with Crippen LogP contribution >= 0.6 is 0 Å². The molecule has 0 aliphatic heterocycles. The van der Waals surface area contributed by atoms with Gasteiger partial charge in [0.1, 0.15) is 12.6 Å². The summed E-state index contributed by atoms with van der Waals surface area (Å²) >= 11 is 0. The summed E-state index contributed by atoms with van der Waals surface area (Å²) in [5.74, 6) is -0.167. The lowest BCUT2D eigenvalue weighted by atomic mass is 10.2. The van der Waals surface area contributed by atoms with E-state index in [0.717, 1.165) is 11.0 Å². The molecule has 0 rings (SSSR count). The predicted molar refractivity (Wildman–Crippen MR) is 71.8 cm³/mol. The highest BCUT2D eigenvalue weighted by Crippen LogP contribution is 2.14. The van der Waals surface area contributed by atoms with Crippen LogP contribution in [-0.4, -0.2) is 42.7 Å². The number of ether oxygens (including phenoxy) is 1. The summed E-state index contributed by atoms with van der Waals surface area (Å²) < 4.78 is 6.39. The molecule has 1 unspecified atom stereocenters. The van der Waals surface area contributed by atoms with Gasteiger partial charge in [-0.15, -0.1) is 0 Å². The molecule has 0 bridgehead atoms. The molecule has 0 aliphatic rings. The minimum atomic E-state index is -0.167. The molecule has 0 aromatic carbocycles. The zero-order valence-electron chi connectivity index (χ0n) is 12.7. The van der Waals surface area contributed by atoms with Crippen LogP contribution in [0.25, 0.3) is 0 Å². The molecule has 110 valence electrons. The molecular formula is C14H30ClNO2. The van der Waals surface area contributed by atoms with Crippen molar-refractivity contribution in [2.45, 2.75) is 60.0 Å². The van der Waals surface area contributed by atoms with Crippen molar-refractivity contribution >= 4 is 5.97 Å². The molecule has 0 radical (unpaired) electrons. The second-order valence-electron chi connectivity index (χ2n) is 5.12. The lowest BCUT2D eigenvalue weighted by molar-refractivity contribution is -0.930. The van der Waals surface area contributed by atoms with Crippen LogP contribution in [0.1, 0.15) is 53.9 Å². The van der Waals surface area contributed by atoms with Crippen molar-refractivity contribution in [2.75, 3.05) is 26.2 Å². The Balaban J connectivity index is 0. The van der Waals surface area contributed by atoms with E-state index >= 15 is 0 Å². The van der Waals surface area contributed by atoms with Gasteiger partial charge < -0.3 is 21.6 Å². The maximum atomic E-state index is 11.0. The third kappa shape index (κ3) is 7.93. The van der Waals surface area contributed by atoms with Gasteiger partial charge in [0.05, 0.1) is 19.6 Å². The Labute approximate surface area is 119 Å². The highest BCUT2D eigenvalue weighted by molar-refractivity contribution is 5.66. The fourth-order valence-corrected chi connectivity index (χ4v) is 2.90. The van der Waals surface area contributed by atoms with Crippen LogP contribution in [0.5, 0.6) is 0 Å². The van der Waals surface area contributed by atoms with Crippen molar-refractivity contribution in [1.82, 2.24) is 0 Å². The van der Waals surface area contributed by atoms with Gasteiger partial charge in [-0.25, -0.2) is 0 Å². The smallest absolute Gasteiger partial charge is 0.303 e. The Bertz CT molecular complexity index is 205. The van der Waals surface area contributed by atoms with Crippen molar-refractivity contribution in [2.24, 2.45) is 0 Å². The molecular weight excluding hydrogens is 250 g/mol. The van der Waals surface area contributed by atoms with Gasteiger partial charge in [0, 0.05) is 6.92 Å². The number of hydrogen-bond donors (Lipinski definition) is 0. The number of carbonyl (C=O) groups excluding carboxylic acids is 1. The van der Waals surface area contributed by atoms with Gasteiger partial charge in [-0.2, -0.15) is 0 Å². The topological polar surface area (TPSA) is 26.3 Å². The van der Waals surface area contributed by atoms with Gasteiger partial charge in [0.25, 0.3) is 0 Å². The second kappa shape index (κ2) is 10.6. The molecule has 0 saturated heterocycles. The molecule has 0 N–H and O–H groups in total. The molecule has 1 atom stereocenters. The quantitative estimate of drug-likeness (QED) is 0.438. The van der Waals surface area contributed by atoms with Crippen molar-refractivity contribution in [3.8, 4) is 0 Å². The van der Waals surface area contributed by atoms with Crippen LogP contribution in [0.3, 0.4) is 0 Å². The average molecular weight is 280 g/mol. The summed E-state index contributed by atoms with van der Waals surface area (Å²) in [4.78, 5) is 11.0. The highest BCUT2D eigenvalue weighted by Gasteiger charge is 2.28. The lowest BCUT2D eigenvalue weighted by Gasteiger charge is -2.40. The van der Waals surface area contributed by atoms with Crippen molar-refractivity contribution in [3.63, 3.8) is 0 Å². The highest BCUT2D eigenvalue weighted by atomic mass is 35.5. The van der Waals surface area contributed by atoms with Crippen LogP contribution in [0, 0.1) is 0 Å². The summed E-state index contributed by atoms with van der Waals surface area (Å²) in [6.07, 6.45) is 3.59. The number of nitrogens with zero attached hydrogens (tertiary/aromatic N) is 1. The molecule has 0 aromatic heterocycles. The number of halogens is 1. The first-order chi connectivity index (χ1) is 7.99. The predicted octanol–water partition coefficient (Wildman–Crippen LogP) is -0.0112. The van der Waals surface area contributed by atoms with E-state index in [1.807, 2.05) is 6.92 Å².